The molecule has 1 aliphatic rings. The molecule has 2 aromatic rings. The predicted octanol–water partition coefficient (Wildman–Crippen LogP) is 2.88. The van der Waals surface area contributed by atoms with E-state index < -0.39 is 0 Å². The molecule has 1 aliphatic carbocycles. The largest absolute Gasteiger partial charge is 0.344 e. The number of benzene rings is 1. The van der Waals surface area contributed by atoms with Gasteiger partial charge in [0.05, 0.1) is 15.8 Å². The molecule has 3 rings (SSSR count). The van der Waals surface area contributed by atoms with Crippen LogP contribution in [0.2, 0.25) is 0 Å². The zero-order chi connectivity index (χ0) is 10.4. The van der Waals surface area contributed by atoms with Crippen LogP contribution in [-0.2, 0) is 0 Å². The maximum absolute atomic E-state index is 10.8. The number of rotatable bonds is 2. The van der Waals surface area contributed by atoms with Crippen LogP contribution in [-0.4, -0.2) is 9.49 Å². The Morgan fingerprint density at radius 1 is 1.33 bits per heavy atom. The molecule has 1 heterocycles. The van der Waals surface area contributed by atoms with Crippen molar-refractivity contribution in [3.05, 3.63) is 40.6 Å². The van der Waals surface area contributed by atoms with Gasteiger partial charge in [-0.1, -0.05) is 6.07 Å². The van der Waals surface area contributed by atoms with Crippen molar-refractivity contribution >= 4 is 16.6 Å². The van der Waals surface area contributed by atoms with Gasteiger partial charge in [0.25, 0.3) is 5.69 Å². The van der Waals surface area contributed by atoms with E-state index in [-0.39, 0.29) is 10.6 Å². The first-order valence-electron chi connectivity index (χ1n) is 5.01. The van der Waals surface area contributed by atoms with E-state index in [1.807, 2.05) is 18.3 Å². The zero-order valence-electron chi connectivity index (χ0n) is 8.09. The third-order valence-corrected chi connectivity index (χ3v) is 2.88. The number of nitrogens with zero attached hydrogens (tertiary/aromatic N) is 2. The highest BCUT2D eigenvalue weighted by molar-refractivity contribution is 5.89. The lowest BCUT2D eigenvalue weighted by Gasteiger charge is -2.01. The fourth-order valence-corrected chi connectivity index (χ4v) is 2.00. The van der Waals surface area contributed by atoms with Crippen LogP contribution in [0.15, 0.2) is 30.5 Å². The summed E-state index contributed by atoms with van der Waals surface area (Å²) in [6.45, 7) is 0. The molecule has 15 heavy (non-hydrogen) atoms. The first-order valence-corrected chi connectivity index (χ1v) is 5.01. The maximum atomic E-state index is 10.8. The van der Waals surface area contributed by atoms with Crippen LogP contribution in [0.1, 0.15) is 18.9 Å². The Bertz CT molecular complexity index is 541. The lowest BCUT2D eigenvalue weighted by molar-refractivity contribution is -0.383. The fourth-order valence-electron chi connectivity index (χ4n) is 2.00. The predicted molar refractivity (Wildman–Crippen MR) is 56.9 cm³/mol. The van der Waals surface area contributed by atoms with Gasteiger partial charge in [-0.05, 0) is 25.0 Å². The first-order chi connectivity index (χ1) is 7.27. The van der Waals surface area contributed by atoms with Gasteiger partial charge in [0.15, 0.2) is 0 Å². The molecule has 0 unspecified atom stereocenters. The smallest absolute Gasteiger partial charge is 0.278 e. The third kappa shape index (κ3) is 1.21. The Morgan fingerprint density at radius 2 is 2.13 bits per heavy atom. The molecule has 0 atom stereocenters. The standard InChI is InChI=1S/C11H10N2O2/c14-13(15)11-3-1-2-10-9(11)6-7-12(10)8-4-5-8/h1-3,6-8H,4-5H2. The van der Waals surface area contributed by atoms with Crippen molar-refractivity contribution < 1.29 is 4.92 Å². The van der Waals surface area contributed by atoms with E-state index in [0.29, 0.717) is 6.04 Å². The molecule has 4 heteroatoms. The van der Waals surface area contributed by atoms with Crippen molar-refractivity contribution in [2.45, 2.75) is 18.9 Å². The zero-order valence-corrected chi connectivity index (χ0v) is 8.09. The fraction of sp³-hybridized carbons (Fsp3) is 0.273. The maximum Gasteiger partial charge on any atom is 0.278 e. The van der Waals surface area contributed by atoms with Crippen molar-refractivity contribution in [3.63, 3.8) is 0 Å². The molecule has 0 spiro atoms. The molecule has 0 N–H and O–H groups in total. The van der Waals surface area contributed by atoms with Gasteiger partial charge in [-0.2, -0.15) is 0 Å². The Balaban J connectivity index is 2.27. The van der Waals surface area contributed by atoms with Gasteiger partial charge in [0.2, 0.25) is 0 Å². The Hall–Kier alpha value is -1.84. The van der Waals surface area contributed by atoms with Crippen LogP contribution >= 0.6 is 0 Å². The van der Waals surface area contributed by atoms with Gasteiger partial charge in [0.1, 0.15) is 0 Å². The minimum Gasteiger partial charge on any atom is -0.344 e. The molecule has 0 saturated heterocycles. The van der Waals surface area contributed by atoms with Crippen LogP contribution in [0.5, 0.6) is 0 Å². The van der Waals surface area contributed by atoms with E-state index in [1.165, 1.54) is 12.8 Å². The Kier molecular flexibility index (Phi) is 1.59. The van der Waals surface area contributed by atoms with E-state index in [1.54, 1.807) is 12.1 Å². The van der Waals surface area contributed by atoms with Gasteiger partial charge in [0, 0.05) is 18.3 Å². The van der Waals surface area contributed by atoms with Crippen LogP contribution in [0.25, 0.3) is 10.9 Å². The van der Waals surface area contributed by atoms with E-state index >= 15 is 0 Å². The minimum absolute atomic E-state index is 0.201. The minimum atomic E-state index is -0.320. The van der Waals surface area contributed by atoms with E-state index in [4.69, 9.17) is 0 Å². The van der Waals surface area contributed by atoms with Crippen molar-refractivity contribution in [2.75, 3.05) is 0 Å². The summed E-state index contributed by atoms with van der Waals surface area (Å²) < 4.78 is 2.14. The summed E-state index contributed by atoms with van der Waals surface area (Å²) in [5, 5.41) is 11.6. The number of aromatic nitrogens is 1. The van der Waals surface area contributed by atoms with Gasteiger partial charge in [-0.15, -0.1) is 0 Å². The van der Waals surface area contributed by atoms with E-state index in [0.717, 1.165) is 10.9 Å². The highest BCUT2D eigenvalue weighted by Crippen LogP contribution is 2.39. The molecule has 0 aliphatic heterocycles. The van der Waals surface area contributed by atoms with Gasteiger partial charge in [-0.25, -0.2) is 0 Å². The summed E-state index contributed by atoms with van der Waals surface area (Å²) >= 11 is 0. The number of nitro benzene ring substituents is 1. The lowest BCUT2D eigenvalue weighted by atomic mass is 10.2. The summed E-state index contributed by atoms with van der Waals surface area (Å²) in [6.07, 6.45) is 4.33. The summed E-state index contributed by atoms with van der Waals surface area (Å²) in [4.78, 5) is 10.5. The molecular weight excluding hydrogens is 192 g/mol. The van der Waals surface area contributed by atoms with Crippen molar-refractivity contribution in [1.82, 2.24) is 4.57 Å². The van der Waals surface area contributed by atoms with Gasteiger partial charge < -0.3 is 4.57 Å². The summed E-state index contributed by atoms with van der Waals surface area (Å²) in [5.74, 6) is 0. The second kappa shape index (κ2) is 2.82. The molecule has 0 bridgehead atoms. The Morgan fingerprint density at radius 3 is 2.80 bits per heavy atom. The van der Waals surface area contributed by atoms with Crippen LogP contribution in [0, 0.1) is 10.1 Å². The number of non-ortho nitro benzene ring substituents is 1. The number of hydrogen-bond acceptors (Lipinski definition) is 2. The highest BCUT2D eigenvalue weighted by Gasteiger charge is 2.25. The second-order valence-electron chi connectivity index (χ2n) is 3.92. The van der Waals surface area contributed by atoms with Crippen molar-refractivity contribution in [2.24, 2.45) is 0 Å². The number of fused-ring (bicyclic) bond motifs is 1. The molecule has 1 fully saturated rings. The Labute approximate surface area is 86.3 Å². The highest BCUT2D eigenvalue weighted by atomic mass is 16.6. The third-order valence-electron chi connectivity index (χ3n) is 2.88. The van der Waals surface area contributed by atoms with Crippen LogP contribution < -0.4 is 0 Å². The van der Waals surface area contributed by atoms with Crippen molar-refractivity contribution in [1.29, 1.82) is 0 Å². The molecule has 76 valence electrons. The number of hydrogen-bond donors (Lipinski definition) is 0. The monoisotopic (exact) mass is 202 g/mol. The first kappa shape index (κ1) is 8.47. The second-order valence-corrected chi connectivity index (χ2v) is 3.92. The molecule has 1 aromatic heterocycles. The molecule has 4 nitrogen and oxygen atoms in total. The van der Waals surface area contributed by atoms with Gasteiger partial charge in [-0.3, -0.25) is 10.1 Å². The van der Waals surface area contributed by atoms with Crippen LogP contribution in [0.4, 0.5) is 5.69 Å². The molecule has 1 aromatic carbocycles. The average molecular weight is 202 g/mol. The molecular formula is C11H10N2O2. The summed E-state index contributed by atoms with van der Waals surface area (Å²) in [6, 6.07) is 7.65. The average Bonchev–Trinajstić information content (AvgIpc) is 2.97. The summed E-state index contributed by atoms with van der Waals surface area (Å²) in [7, 11) is 0. The van der Waals surface area contributed by atoms with Gasteiger partial charge >= 0.3 is 0 Å². The molecule has 0 radical (unpaired) electrons. The molecule has 1 saturated carbocycles. The van der Waals surface area contributed by atoms with E-state index in [9.17, 15) is 10.1 Å². The van der Waals surface area contributed by atoms with E-state index in [2.05, 4.69) is 4.57 Å². The van der Waals surface area contributed by atoms with Crippen LogP contribution in [0.3, 0.4) is 0 Å². The quantitative estimate of drug-likeness (QED) is 0.555. The topological polar surface area (TPSA) is 48.1 Å². The molecule has 0 amide bonds. The summed E-state index contributed by atoms with van der Waals surface area (Å²) in [5.41, 5.74) is 1.18. The normalized spacial score (nSPS) is 15.7. The lowest BCUT2D eigenvalue weighted by Crippen LogP contribution is -1.92. The SMILES string of the molecule is O=[N+]([O-])c1cccc2c1ccn2C1CC1. The number of nitro groups is 1. The van der Waals surface area contributed by atoms with Crippen molar-refractivity contribution in [3.8, 4) is 0 Å².